The molecule has 1 fully saturated rings. The first-order valence-corrected chi connectivity index (χ1v) is 8.60. The van der Waals surface area contributed by atoms with E-state index in [-0.39, 0.29) is 10.6 Å². The summed E-state index contributed by atoms with van der Waals surface area (Å²) in [5, 5.41) is 11.0. The van der Waals surface area contributed by atoms with Crippen molar-refractivity contribution < 1.29 is 9.90 Å². The molecule has 122 valence electrons. The Morgan fingerprint density at radius 1 is 1.17 bits per heavy atom. The Morgan fingerprint density at radius 3 is 2.67 bits per heavy atom. The molecule has 0 amide bonds. The molecular formula is C19H15Cl2NO2. The molecule has 2 aromatic carbocycles. The highest BCUT2D eigenvalue weighted by Crippen LogP contribution is 2.41. The molecule has 0 atom stereocenters. The van der Waals surface area contributed by atoms with Crippen LogP contribution >= 0.6 is 23.2 Å². The summed E-state index contributed by atoms with van der Waals surface area (Å²) in [6.45, 7) is 0. The van der Waals surface area contributed by atoms with E-state index in [4.69, 9.17) is 23.2 Å². The maximum Gasteiger partial charge on any atom is 0.337 e. The van der Waals surface area contributed by atoms with Gasteiger partial charge < -0.3 is 10.1 Å². The van der Waals surface area contributed by atoms with Crippen molar-refractivity contribution in [1.82, 2.24) is 4.98 Å². The molecule has 1 heterocycles. The highest BCUT2D eigenvalue weighted by atomic mass is 35.5. The average molecular weight is 360 g/mol. The normalized spacial score (nSPS) is 14.2. The van der Waals surface area contributed by atoms with Crippen molar-refractivity contribution in [3.05, 3.63) is 68.8 Å². The molecular weight excluding hydrogens is 345 g/mol. The van der Waals surface area contributed by atoms with Gasteiger partial charge in [0.05, 0.1) is 10.6 Å². The Balaban J connectivity index is 1.71. The van der Waals surface area contributed by atoms with Gasteiger partial charge in [-0.05, 0) is 59.5 Å². The lowest BCUT2D eigenvalue weighted by molar-refractivity contribution is 0.0697. The number of aromatic amines is 1. The van der Waals surface area contributed by atoms with Gasteiger partial charge in [-0.3, -0.25) is 0 Å². The maximum absolute atomic E-state index is 11.3. The van der Waals surface area contributed by atoms with E-state index in [1.165, 1.54) is 24.5 Å². The lowest BCUT2D eigenvalue weighted by atomic mass is 10.1. The van der Waals surface area contributed by atoms with Gasteiger partial charge in [-0.25, -0.2) is 4.79 Å². The van der Waals surface area contributed by atoms with Crippen LogP contribution in [0.2, 0.25) is 10.0 Å². The van der Waals surface area contributed by atoms with E-state index < -0.39 is 5.97 Å². The number of aromatic nitrogens is 1. The molecule has 0 aliphatic heterocycles. The van der Waals surface area contributed by atoms with Crippen LogP contribution in [0.1, 0.15) is 45.9 Å². The van der Waals surface area contributed by atoms with Gasteiger partial charge in [-0.1, -0.05) is 35.3 Å². The molecule has 1 aliphatic carbocycles. The molecule has 4 rings (SSSR count). The first kappa shape index (κ1) is 15.6. The lowest BCUT2D eigenvalue weighted by Gasteiger charge is -2.08. The van der Waals surface area contributed by atoms with Gasteiger partial charge in [0.25, 0.3) is 0 Å². The smallest absolute Gasteiger partial charge is 0.337 e. The number of fused-ring (bicyclic) bond motifs is 1. The monoisotopic (exact) mass is 359 g/mol. The molecule has 24 heavy (non-hydrogen) atoms. The van der Waals surface area contributed by atoms with Crippen molar-refractivity contribution in [3.63, 3.8) is 0 Å². The number of halogens is 2. The van der Waals surface area contributed by atoms with Gasteiger partial charge in [0.1, 0.15) is 0 Å². The largest absolute Gasteiger partial charge is 0.478 e. The van der Waals surface area contributed by atoms with Crippen LogP contribution in [-0.2, 0) is 6.42 Å². The third-order valence-electron chi connectivity index (χ3n) is 4.53. The number of rotatable bonds is 4. The Morgan fingerprint density at radius 2 is 1.96 bits per heavy atom. The fraction of sp³-hybridized carbons (Fsp3) is 0.211. The van der Waals surface area contributed by atoms with Crippen molar-refractivity contribution >= 4 is 40.1 Å². The van der Waals surface area contributed by atoms with Gasteiger partial charge in [0.15, 0.2) is 0 Å². The molecule has 3 aromatic rings. The van der Waals surface area contributed by atoms with Gasteiger partial charge >= 0.3 is 5.97 Å². The Hall–Kier alpha value is -1.97. The van der Waals surface area contributed by atoms with E-state index >= 15 is 0 Å². The van der Waals surface area contributed by atoms with Crippen molar-refractivity contribution in [2.24, 2.45) is 0 Å². The highest BCUT2D eigenvalue weighted by molar-refractivity contribution is 6.38. The average Bonchev–Trinajstić information content (AvgIpc) is 3.31. The minimum Gasteiger partial charge on any atom is -0.478 e. The molecule has 0 radical (unpaired) electrons. The minimum absolute atomic E-state index is 0.0724. The summed E-state index contributed by atoms with van der Waals surface area (Å²) < 4.78 is 0. The molecule has 0 spiro atoms. The Labute approximate surface area is 149 Å². The SMILES string of the molecule is O=C(O)c1ccc(Cl)c(Cc2cc3ccc(C4CC4)cc3[nH]2)c1Cl. The van der Waals surface area contributed by atoms with Gasteiger partial charge in [-0.15, -0.1) is 0 Å². The van der Waals surface area contributed by atoms with Crippen molar-refractivity contribution in [3.8, 4) is 0 Å². The zero-order chi connectivity index (χ0) is 16.8. The fourth-order valence-electron chi connectivity index (χ4n) is 3.09. The minimum atomic E-state index is -1.05. The van der Waals surface area contributed by atoms with E-state index in [1.807, 2.05) is 0 Å². The highest BCUT2D eigenvalue weighted by Gasteiger charge is 2.23. The molecule has 5 heteroatoms. The zero-order valence-electron chi connectivity index (χ0n) is 12.8. The van der Waals surface area contributed by atoms with Crippen LogP contribution in [0.4, 0.5) is 0 Å². The summed E-state index contributed by atoms with van der Waals surface area (Å²) in [6, 6.07) is 11.6. The molecule has 1 aromatic heterocycles. The molecule has 0 saturated heterocycles. The number of H-pyrrole nitrogens is 1. The van der Waals surface area contributed by atoms with Crippen LogP contribution in [0, 0.1) is 0 Å². The number of aromatic carboxylic acids is 1. The first-order chi connectivity index (χ1) is 11.5. The maximum atomic E-state index is 11.3. The molecule has 0 unspecified atom stereocenters. The van der Waals surface area contributed by atoms with Gasteiger partial charge in [0, 0.05) is 22.7 Å². The number of hydrogen-bond acceptors (Lipinski definition) is 1. The standard InChI is InChI=1S/C19H15Cl2NO2/c20-16-6-5-14(19(23)24)18(21)15(16)9-13-7-12-4-3-11(10-1-2-10)8-17(12)22-13/h3-8,10,22H,1-2,9H2,(H,23,24). The summed E-state index contributed by atoms with van der Waals surface area (Å²) in [5.41, 5.74) is 4.13. The van der Waals surface area contributed by atoms with E-state index in [1.54, 1.807) is 6.07 Å². The predicted molar refractivity (Wildman–Crippen MR) is 96.5 cm³/mol. The van der Waals surface area contributed by atoms with Crippen LogP contribution in [-0.4, -0.2) is 16.1 Å². The quantitative estimate of drug-likeness (QED) is 0.633. The third-order valence-corrected chi connectivity index (χ3v) is 5.32. The summed E-state index contributed by atoms with van der Waals surface area (Å²) in [7, 11) is 0. The van der Waals surface area contributed by atoms with Gasteiger partial charge in [-0.2, -0.15) is 0 Å². The van der Waals surface area contributed by atoms with Crippen LogP contribution < -0.4 is 0 Å². The van der Waals surface area contributed by atoms with Crippen LogP contribution in [0.15, 0.2) is 36.4 Å². The van der Waals surface area contributed by atoms with E-state index in [9.17, 15) is 9.90 Å². The summed E-state index contributed by atoms with van der Waals surface area (Å²) in [4.78, 5) is 14.7. The molecule has 1 saturated carbocycles. The number of hydrogen-bond donors (Lipinski definition) is 2. The number of carbonyl (C=O) groups is 1. The van der Waals surface area contributed by atoms with Crippen molar-refractivity contribution in [1.29, 1.82) is 0 Å². The number of nitrogens with one attached hydrogen (secondary N) is 1. The number of carboxylic acid groups (broad SMARTS) is 1. The lowest BCUT2D eigenvalue weighted by Crippen LogP contribution is -2.01. The van der Waals surface area contributed by atoms with Crippen molar-refractivity contribution in [2.45, 2.75) is 25.2 Å². The zero-order valence-corrected chi connectivity index (χ0v) is 14.3. The number of carboxylic acids is 1. The second-order valence-electron chi connectivity index (χ2n) is 6.28. The first-order valence-electron chi connectivity index (χ1n) is 7.84. The van der Waals surface area contributed by atoms with E-state index in [0.29, 0.717) is 22.9 Å². The number of benzene rings is 2. The fourth-order valence-corrected chi connectivity index (χ4v) is 3.67. The van der Waals surface area contributed by atoms with Crippen LogP contribution in [0.25, 0.3) is 10.9 Å². The second-order valence-corrected chi connectivity index (χ2v) is 7.07. The van der Waals surface area contributed by atoms with E-state index in [0.717, 1.165) is 16.6 Å². The Bertz CT molecular complexity index is 957. The van der Waals surface area contributed by atoms with Gasteiger partial charge in [0.2, 0.25) is 0 Å². The molecule has 1 aliphatic rings. The summed E-state index contributed by atoms with van der Waals surface area (Å²) in [6.07, 6.45) is 3.00. The Kier molecular flexibility index (Phi) is 3.78. The van der Waals surface area contributed by atoms with Crippen LogP contribution in [0.5, 0.6) is 0 Å². The van der Waals surface area contributed by atoms with Crippen molar-refractivity contribution in [2.75, 3.05) is 0 Å². The topological polar surface area (TPSA) is 53.1 Å². The predicted octanol–water partition coefficient (Wildman–Crippen LogP) is 5.64. The molecule has 2 N–H and O–H groups in total. The summed E-state index contributed by atoms with van der Waals surface area (Å²) >= 11 is 12.5. The van der Waals surface area contributed by atoms with E-state index in [2.05, 4.69) is 29.2 Å². The molecule has 3 nitrogen and oxygen atoms in total. The third kappa shape index (κ3) is 2.79. The van der Waals surface area contributed by atoms with Crippen LogP contribution in [0.3, 0.4) is 0 Å². The summed E-state index contributed by atoms with van der Waals surface area (Å²) in [5.74, 6) is -0.346. The second kappa shape index (κ2) is 5.83. The molecule has 0 bridgehead atoms.